The van der Waals surface area contributed by atoms with Crippen LogP contribution in [0.4, 0.5) is 0 Å². The maximum atomic E-state index is 8.60. The minimum atomic E-state index is -1.17. The monoisotopic (exact) mass is 192 g/mol. The van der Waals surface area contributed by atoms with E-state index in [1.54, 1.807) is 0 Å². The van der Waals surface area contributed by atoms with E-state index in [0.717, 1.165) is 12.8 Å². The van der Waals surface area contributed by atoms with Gasteiger partial charge in [0.1, 0.15) is 0 Å². The number of hydrogen-bond donors (Lipinski definition) is 2. The van der Waals surface area contributed by atoms with Crippen LogP contribution in [-0.4, -0.2) is 16.5 Å². The normalized spacial score (nSPS) is 11.4. The summed E-state index contributed by atoms with van der Waals surface area (Å²) in [6.07, 6.45) is 5.06. The predicted molar refractivity (Wildman–Crippen MR) is 57.6 cm³/mol. The lowest BCUT2D eigenvalue weighted by Crippen LogP contribution is -2.02. The van der Waals surface area contributed by atoms with Gasteiger partial charge in [-0.05, 0) is 24.8 Å². The van der Waals surface area contributed by atoms with E-state index >= 15 is 0 Å². The zero-order chi connectivity index (χ0) is 10.2. The van der Waals surface area contributed by atoms with E-state index in [9.17, 15) is 0 Å². The number of unbranched alkanes of at least 4 members (excludes halogenated alkanes) is 1. The Bertz CT molecular complexity index is 265. The van der Waals surface area contributed by atoms with Crippen molar-refractivity contribution in [2.45, 2.75) is 25.6 Å². The van der Waals surface area contributed by atoms with Crippen LogP contribution in [0.3, 0.4) is 0 Å². The molecule has 0 aliphatic rings. The molecule has 0 heterocycles. The Morgan fingerprint density at radius 2 is 1.86 bits per heavy atom. The molecule has 0 amide bonds. The summed E-state index contributed by atoms with van der Waals surface area (Å²) in [5.74, 6) is 0. The van der Waals surface area contributed by atoms with Crippen molar-refractivity contribution in [3.8, 4) is 0 Å². The molecule has 0 unspecified atom stereocenters. The topological polar surface area (TPSA) is 40.5 Å². The molecule has 0 spiro atoms. The second kappa shape index (κ2) is 6.35. The molecule has 0 aliphatic carbocycles. The second-order valence-corrected chi connectivity index (χ2v) is 3.22. The lowest BCUT2D eigenvalue weighted by atomic mass is 10.1. The van der Waals surface area contributed by atoms with Gasteiger partial charge in [-0.2, -0.15) is 0 Å². The Hall–Kier alpha value is -1.12. The van der Waals surface area contributed by atoms with Crippen LogP contribution in [0.1, 0.15) is 24.8 Å². The van der Waals surface area contributed by atoms with Gasteiger partial charge in [0.25, 0.3) is 0 Å². The largest absolute Gasteiger partial charge is 0.368 e. The summed E-state index contributed by atoms with van der Waals surface area (Å²) in [6.45, 7) is 0. The van der Waals surface area contributed by atoms with Crippen molar-refractivity contribution in [2.75, 3.05) is 0 Å². The maximum absolute atomic E-state index is 8.60. The highest BCUT2D eigenvalue weighted by Gasteiger charge is 1.93. The summed E-state index contributed by atoms with van der Waals surface area (Å²) >= 11 is 0. The zero-order valence-electron chi connectivity index (χ0n) is 8.13. The molecule has 0 bridgehead atoms. The van der Waals surface area contributed by atoms with Crippen molar-refractivity contribution in [1.82, 2.24) is 0 Å². The Labute approximate surface area is 84.5 Å². The molecule has 0 aromatic heterocycles. The van der Waals surface area contributed by atoms with Crippen molar-refractivity contribution in [3.05, 3.63) is 42.0 Å². The maximum Gasteiger partial charge on any atom is 0.151 e. The summed E-state index contributed by atoms with van der Waals surface area (Å²) in [5, 5.41) is 17.2. The first-order valence-corrected chi connectivity index (χ1v) is 4.87. The van der Waals surface area contributed by atoms with Gasteiger partial charge in [0.2, 0.25) is 0 Å². The third kappa shape index (κ3) is 4.80. The lowest BCUT2D eigenvalue weighted by molar-refractivity contribution is -0.0460. The first kappa shape index (κ1) is 11.0. The number of benzene rings is 1. The smallest absolute Gasteiger partial charge is 0.151 e. The molecule has 0 radical (unpaired) electrons. The van der Waals surface area contributed by atoms with Crippen molar-refractivity contribution in [3.63, 3.8) is 0 Å². The summed E-state index contributed by atoms with van der Waals surface area (Å²) in [4.78, 5) is 0. The highest BCUT2D eigenvalue weighted by atomic mass is 16.5. The van der Waals surface area contributed by atoms with Crippen LogP contribution in [0.15, 0.2) is 36.4 Å². The van der Waals surface area contributed by atoms with Gasteiger partial charge in [-0.3, -0.25) is 0 Å². The molecule has 0 aliphatic heterocycles. The summed E-state index contributed by atoms with van der Waals surface area (Å²) in [7, 11) is 0. The van der Waals surface area contributed by atoms with Gasteiger partial charge in [0.05, 0.1) is 0 Å². The molecule has 2 N–H and O–H groups in total. The van der Waals surface area contributed by atoms with Crippen LogP contribution in [0.2, 0.25) is 0 Å². The number of aliphatic hydroxyl groups excluding tert-OH is 1. The van der Waals surface area contributed by atoms with Crippen LogP contribution in [-0.2, 0) is 0 Å². The molecule has 0 saturated heterocycles. The fourth-order valence-electron chi connectivity index (χ4n) is 1.20. The average Bonchev–Trinajstić information content (AvgIpc) is 2.18. The molecule has 1 aromatic carbocycles. The van der Waals surface area contributed by atoms with Gasteiger partial charge in [-0.1, -0.05) is 42.5 Å². The van der Waals surface area contributed by atoms with Gasteiger partial charge in [-0.25, -0.2) is 0 Å². The van der Waals surface area contributed by atoms with Crippen LogP contribution in [0.25, 0.3) is 6.08 Å². The first-order valence-electron chi connectivity index (χ1n) is 4.87. The van der Waals surface area contributed by atoms with Gasteiger partial charge in [0.15, 0.2) is 6.29 Å². The van der Waals surface area contributed by atoms with E-state index in [1.165, 1.54) is 5.56 Å². The summed E-state index contributed by atoms with van der Waals surface area (Å²) < 4.78 is 0. The van der Waals surface area contributed by atoms with Gasteiger partial charge >= 0.3 is 0 Å². The van der Waals surface area contributed by atoms with E-state index < -0.39 is 6.29 Å². The van der Waals surface area contributed by atoms with E-state index in [1.807, 2.05) is 36.4 Å². The van der Waals surface area contributed by atoms with E-state index in [0.29, 0.717) is 6.42 Å². The number of rotatable bonds is 5. The van der Waals surface area contributed by atoms with Gasteiger partial charge < -0.3 is 10.2 Å². The van der Waals surface area contributed by atoms with Gasteiger partial charge in [0, 0.05) is 0 Å². The Balaban J connectivity index is 2.21. The third-order valence-corrected chi connectivity index (χ3v) is 1.94. The van der Waals surface area contributed by atoms with Crippen molar-refractivity contribution >= 4 is 6.08 Å². The minimum absolute atomic E-state index is 0.444. The van der Waals surface area contributed by atoms with E-state index in [4.69, 9.17) is 10.2 Å². The fourth-order valence-corrected chi connectivity index (χ4v) is 1.20. The quantitative estimate of drug-likeness (QED) is 0.554. The number of allylic oxidation sites excluding steroid dienone is 1. The van der Waals surface area contributed by atoms with Crippen LogP contribution in [0.5, 0.6) is 0 Å². The standard InChI is InChI=1S/C12H16O2/c13-12(14)10-6-2-5-9-11-7-3-1-4-8-11/h1,3-5,7-9,12-14H,2,6,10H2. The van der Waals surface area contributed by atoms with Crippen molar-refractivity contribution in [2.24, 2.45) is 0 Å². The molecule has 1 rings (SSSR count). The first-order chi connectivity index (χ1) is 6.79. The van der Waals surface area contributed by atoms with Gasteiger partial charge in [-0.15, -0.1) is 0 Å². The van der Waals surface area contributed by atoms with Crippen molar-refractivity contribution < 1.29 is 10.2 Å². The van der Waals surface area contributed by atoms with Crippen LogP contribution in [0, 0.1) is 0 Å². The molecule has 14 heavy (non-hydrogen) atoms. The van der Waals surface area contributed by atoms with Crippen LogP contribution >= 0.6 is 0 Å². The van der Waals surface area contributed by atoms with E-state index in [2.05, 4.69) is 6.08 Å². The Morgan fingerprint density at radius 1 is 1.14 bits per heavy atom. The molecule has 0 saturated carbocycles. The zero-order valence-corrected chi connectivity index (χ0v) is 8.13. The second-order valence-electron chi connectivity index (χ2n) is 3.22. The predicted octanol–water partition coefficient (Wildman–Crippen LogP) is 2.18. The van der Waals surface area contributed by atoms with Crippen molar-refractivity contribution in [1.29, 1.82) is 0 Å². The minimum Gasteiger partial charge on any atom is -0.368 e. The number of hydrogen-bond acceptors (Lipinski definition) is 2. The summed E-state index contributed by atoms with van der Waals surface area (Å²) in [5.41, 5.74) is 1.18. The SMILES string of the molecule is OC(O)CCCC=Cc1ccccc1. The third-order valence-electron chi connectivity index (χ3n) is 1.94. The average molecular weight is 192 g/mol. The molecule has 1 aromatic rings. The lowest BCUT2D eigenvalue weighted by Gasteiger charge is -1.99. The van der Waals surface area contributed by atoms with Crippen LogP contribution < -0.4 is 0 Å². The molecule has 0 atom stereocenters. The Morgan fingerprint density at radius 3 is 2.50 bits per heavy atom. The molecule has 2 nitrogen and oxygen atoms in total. The molecule has 2 heteroatoms. The molecule has 0 fully saturated rings. The molecule has 76 valence electrons. The molecular weight excluding hydrogens is 176 g/mol. The highest BCUT2D eigenvalue weighted by molar-refractivity contribution is 5.48. The number of aliphatic hydroxyl groups is 2. The summed E-state index contributed by atoms with van der Waals surface area (Å²) in [6, 6.07) is 10.1. The fraction of sp³-hybridized carbons (Fsp3) is 0.333. The molecular formula is C12H16O2. The highest BCUT2D eigenvalue weighted by Crippen LogP contribution is 2.04. The Kier molecular flexibility index (Phi) is 4.97. The van der Waals surface area contributed by atoms with E-state index in [-0.39, 0.29) is 0 Å².